The van der Waals surface area contributed by atoms with E-state index in [9.17, 15) is 0 Å². The van der Waals surface area contributed by atoms with Crippen LogP contribution in [-0.4, -0.2) is 38.3 Å². The smallest absolute Gasteiger partial charge is 0.0470 e. The van der Waals surface area contributed by atoms with Crippen LogP contribution in [0.25, 0.3) is 0 Å². The lowest BCUT2D eigenvalue weighted by atomic mass is 10.2. The van der Waals surface area contributed by atoms with E-state index in [-0.39, 0.29) is 0 Å². The molecule has 0 aromatic heterocycles. The number of unbranched alkanes of at least 4 members (excludes halogenated alkanes) is 3. The lowest BCUT2D eigenvalue weighted by molar-refractivity contribution is 0.200. The first kappa shape index (κ1) is 15.3. The van der Waals surface area contributed by atoms with E-state index in [1.165, 1.54) is 50.2 Å². The van der Waals surface area contributed by atoms with E-state index in [1.807, 2.05) is 11.8 Å². The lowest BCUT2D eigenvalue weighted by Gasteiger charge is -2.04. The summed E-state index contributed by atoms with van der Waals surface area (Å²) in [5, 5.41) is 3.48. The Labute approximate surface area is 99.5 Å². The summed E-state index contributed by atoms with van der Waals surface area (Å²) >= 11 is 2.02. The fourth-order valence-corrected chi connectivity index (χ4v) is 2.17. The molecule has 0 radical (unpaired) electrons. The number of methoxy groups -OCH3 is 1. The van der Waals surface area contributed by atoms with Crippen molar-refractivity contribution in [3.8, 4) is 0 Å². The van der Waals surface area contributed by atoms with Crippen LogP contribution in [0.15, 0.2) is 0 Å². The van der Waals surface area contributed by atoms with Gasteiger partial charge >= 0.3 is 0 Å². The number of hydrogen-bond donors (Lipinski definition) is 1. The molecule has 0 unspecified atom stereocenters. The van der Waals surface area contributed by atoms with Crippen LogP contribution in [0.3, 0.4) is 0 Å². The van der Waals surface area contributed by atoms with E-state index in [4.69, 9.17) is 4.74 Å². The SMILES string of the molecule is CCCCCCNCCSCCCOC. The second-order valence-corrected chi connectivity index (χ2v) is 4.99. The second-order valence-electron chi connectivity index (χ2n) is 3.77. The Hall–Kier alpha value is 0.270. The van der Waals surface area contributed by atoms with Crippen molar-refractivity contribution >= 4 is 11.8 Å². The Balaban J connectivity index is 2.81. The maximum absolute atomic E-state index is 5.00. The predicted octanol–water partition coefficient (Wildman–Crippen LogP) is 2.93. The van der Waals surface area contributed by atoms with Gasteiger partial charge in [-0.05, 0) is 25.1 Å². The van der Waals surface area contributed by atoms with Crippen LogP contribution in [-0.2, 0) is 4.74 Å². The van der Waals surface area contributed by atoms with Crippen molar-refractivity contribution in [3.63, 3.8) is 0 Å². The molecule has 0 rings (SSSR count). The van der Waals surface area contributed by atoms with Gasteiger partial charge in [-0.25, -0.2) is 0 Å². The predicted molar refractivity (Wildman–Crippen MR) is 70.8 cm³/mol. The Kier molecular flexibility index (Phi) is 14.5. The van der Waals surface area contributed by atoms with Gasteiger partial charge in [0.05, 0.1) is 0 Å². The van der Waals surface area contributed by atoms with Crippen LogP contribution in [0.2, 0.25) is 0 Å². The van der Waals surface area contributed by atoms with Crippen LogP contribution in [0, 0.1) is 0 Å². The highest BCUT2D eigenvalue weighted by Crippen LogP contribution is 2.01. The summed E-state index contributed by atoms with van der Waals surface area (Å²) in [6.45, 7) is 5.50. The molecule has 0 saturated carbocycles. The average Bonchev–Trinajstić information content (AvgIpc) is 2.26. The normalized spacial score (nSPS) is 10.8. The fourth-order valence-electron chi connectivity index (χ4n) is 1.35. The maximum atomic E-state index is 5.00. The highest BCUT2D eigenvalue weighted by Gasteiger charge is 1.91. The molecule has 92 valence electrons. The summed E-state index contributed by atoms with van der Waals surface area (Å²) in [5.74, 6) is 2.46. The molecular formula is C12H27NOS. The quantitative estimate of drug-likeness (QED) is 0.524. The first-order valence-corrected chi connectivity index (χ1v) is 7.34. The molecule has 0 aliphatic rings. The van der Waals surface area contributed by atoms with Gasteiger partial charge in [0.2, 0.25) is 0 Å². The summed E-state index contributed by atoms with van der Waals surface area (Å²) in [7, 11) is 1.77. The Bertz CT molecular complexity index is 99.8. The van der Waals surface area contributed by atoms with E-state index >= 15 is 0 Å². The zero-order chi connectivity index (χ0) is 11.2. The summed E-state index contributed by atoms with van der Waals surface area (Å²) in [6, 6.07) is 0. The summed E-state index contributed by atoms with van der Waals surface area (Å²) in [6.07, 6.45) is 6.60. The zero-order valence-corrected chi connectivity index (χ0v) is 11.2. The van der Waals surface area contributed by atoms with Crippen LogP contribution >= 0.6 is 11.8 Å². The third kappa shape index (κ3) is 14.3. The molecule has 0 aliphatic heterocycles. The molecule has 0 aromatic rings. The minimum absolute atomic E-state index is 0.900. The highest BCUT2D eigenvalue weighted by molar-refractivity contribution is 7.99. The lowest BCUT2D eigenvalue weighted by Crippen LogP contribution is -2.18. The van der Waals surface area contributed by atoms with Crippen molar-refractivity contribution in [1.82, 2.24) is 5.32 Å². The summed E-state index contributed by atoms with van der Waals surface area (Å²) in [4.78, 5) is 0. The molecule has 2 nitrogen and oxygen atoms in total. The van der Waals surface area contributed by atoms with Gasteiger partial charge < -0.3 is 10.1 Å². The zero-order valence-electron chi connectivity index (χ0n) is 10.4. The molecule has 1 N–H and O–H groups in total. The van der Waals surface area contributed by atoms with Gasteiger partial charge in [-0.15, -0.1) is 0 Å². The second kappa shape index (κ2) is 14.3. The summed E-state index contributed by atoms with van der Waals surface area (Å²) in [5.41, 5.74) is 0. The van der Waals surface area contributed by atoms with E-state index in [0.29, 0.717) is 0 Å². The highest BCUT2D eigenvalue weighted by atomic mass is 32.2. The number of rotatable bonds is 12. The molecule has 0 bridgehead atoms. The van der Waals surface area contributed by atoms with E-state index < -0.39 is 0 Å². The van der Waals surface area contributed by atoms with E-state index in [1.54, 1.807) is 7.11 Å². The van der Waals surface area contributed by atoms with Gasteiger partial charge in [0.15, 0.2) is 0 Å². The van der Waals surface area contributed by atoms with Crippen molar-refractivity contribution in [2.45, 2.75) is 39.0 Å². The molecule has 0 aromatic carbocycles. The Morgan fingerprint density at radius 3 is 2.60 bits per heavy atom. The Morgan fingerprint density at radius 1 is 1.00 bits per heavy atom. The minimum Gasteiger partial charge on any atom is -0.385 e. The van der Waals surface area contributed by atoms with Gasteiger partial charge in [-0.1, -0.05) is 26.2 Å². The molecule has 0 amide bonds. The molecule has 0 aliphatic carbocycles. The van der Waals surface area contributed by atoms with Gasteiger partial charge in [0, 0.05) is 26.0 Å². The van der Waals surface area contributed by atoms with E-state index in [0.717, 1.165) is 13.2 Å². The molecule has 0 fully saturated rings. The molecule has 0 heterocycles. The first-order chi connectivity index (χ1) is 7.41. The van der Waals surface area contributed by atoms with E-state index in [2.05, 4.69) is 12.2 Å². The van der Waals surface area contributed by atoms with Crippen LogP contribution < -0.4 is 5.32 Å². The van der Waals surface area contributed by atoms with Crippen molar-refractivity contribution in [3.05, 3.63) is 0 Å². The van der Waals surface area contributed by atoms with Gasteiger partial charge in [0.25, 0.3) is 0 Å². The minimum atomic E-state index is 0.900. The average molecular weight is 233 g/mol. The van der Waals surface area contributed by atoms with Crippen molar-refractivity contribution in [2.75, 3.05) is 38.3 Å². The Morgan fingerprint density at radius 2 is 1.87 bits per heavy atom. The molecule has 0 spiro atoms. The molecule has 0 atom stereocenters. The van der Waals surface area contributed by atoms with Crippen molar-refractivity contribution in [2.24, 2.45) is 0 Å². The number of hydrogen-bond acceptors (Lipinski definition) is 3. The maximum Gasteiger partial charge on any atom is 0.0470 e. The third-order valence-corrected chi connectivity index (χ3v) is 3.34. The topological polar surface area (TPSA) is 21.3 Å². The van der Waals surface area contributed by atoms with Crippen LogP contribution in [0.5, 0.6) is 0 Å². The third-order valence-electron chi connectivity index (χ3n) is 2.27. The van der Waals surface area contributed by atoms with Crippen molar-refractivity contribution < 1.29 is 4.74 Å². The van der Waals surface area contributed by atoms with Crippen molar-refractivity contribution in [1.29, 1.82) is 0 Å². The van der Waals surface area contributed by atoms with Gasteiger partial charge in [0.1, 0.15) is 0 Å². The van der Waals surface area contributed by atoms with Gasteiger partial charge in [-0.2, -0.15) is 11.8 Å². The fraction of sp³-hybridized carbons (Fsp3) is 1.00. The molecule has 3 heteroatoms. The monoisotopic (exact) mass is 233 g/mol. The first-order valence-electron chi connectivity index (χ1n) is 6.19. The number of ether oxygens (including phenoxy) is 1. The molecule has 15 heavy (non-hydrogen) atoms. The molecular weight excluding hydrogens is 206 g/mol. The largest absolute Gasteiger partial charge is 0.385 e. The van der Waals surface area contributed by atoms with Crippen LogP contribution in [0.1, 0.15) is 39.0 Å². The summed E-state index contributed by atoms with van der Waals surface area (Å²) < 4.78 is 5.00. The number of thioether (sulfide) groups is 1. The standard InChI is InChI=1S/C12H27NOS/c1-3-4-5-6-8-13-9-12-15-11-7-10-14-2/h13H,3-12H2,1-2H3. The molecule has 0 saturated heterocycles. The van der Waals surface area contributed by atoms with Crippen LogP contribution in [0.4, 0.5) is 0 Å². The number of nitrogens with one attached hydrogen (secondary N) is 1. The van der Waals surface area contributed by atoms with Gasteiger partial charge in [-0.3, -0.25) is 0 Å².